The lowest BCUT2D eigenvalue weighted by Crippen LogP contribution is -2.50. The number of piperazine rings is 1. The molecule has 9 heteroatoms. The summed E-state index contributed by atoms with van der Waals surface area (Å²) >= 11 is 0.986. The Balaban J connectivity index is 1.61. The van der Waals surface area contributed by atoms with Crippen molar-refractivity contribution in [2.45, 2.75) is 11.1 Å². The largest absolute Gasteiger partial charge is 0.465 e. The Morgan fingerprint density at radius 3 is 2.52 bits per heavy atom. The summed E-state index contributed by atoms with van der Waals surface area (Å²) in [6, 6.07) is 9.15. The van der Waals surface area contributed by atoms with Gasteiger partial charge in [0.1, 0.15) is 4.21 Å². The lowest BCUT2D eigenvalue weighted by Gasteiger charge is -2.33. The first-order valence-corrected chi connectivity index (χ1v) is 11.3. The van der Waals surface area contributed by atoms with Crippen molar-refractivity contribution in [3.8, 4) is 0 Å². The van der Waals surface area contributed by atoms with Crippen molar-refractivity contribution >= 4 is 39.3 Å². The summed E-state index contributed by atoms with van der Waals surface area (Å²) in [6.07, 6.45) is 3.28. The Morgan fingerprint density at radius 1 is 1.14 bits per heavy atom. The van der Waals surface area contributed by atoms with Crippen LogP contribution in [0, 0.1) is 6.92 Å². The van der Waals surface area contributed by atoms with Crippen molar-refractivity contribution in [3.05, 3.63) is 58.5 Å². The Labute approximate surface area is 174 Å². The van der Waals surface area contributed by atoms with Crippen LogP contribution in [0.2, 0.25) is 0 Å². The van der Waals surface area contributed by atoms with E-state index in [0.29, 0.717) is 13.1 Å². The molecule has 1 aromatic carbocycles. The highest BCUT2D eigenvalue weighted by Crippen LogP contribution is 2.25. The number of carbonyl (C=O) groups excluding carboxylic acids is 2. The van der Waals surface area contributed by atoms with Crippen LogP contribution in [0.3, 0.4) is 0 Å². The molecule has 0 spiro atoms. The summed E-state index contributed by atoms with van der Waals surface area (Å²) < 4.78 is 31.6. The van der Waals surface area contributed by atoms with Crippen molar-refractivity contribution < 1.29 is 22.7 Å². The molecule has 0 radical (unpaired) electrons. The molecular weight excluding hydrogens is 412 g/mol. The fourth-order valence-corrected chi connectivity index (χ4v) is 5.72. The van der Waals surface area contributed by atoms with Gasteiger partial charge in [-0.15, -0.1) is 11.3 Å². The molecule has 1 aliphatic heterocycles. The van der Waals surface area contributed by atoms with Crippen molar-refractivity contribution in [2.75, 3.05) is 33.3 Å². The van der Waals surface area contributed by atoms with Crippen molar-refractivity contribution in [1.82, 2.24) is 9.21 Å². The number of methoxy groups -OCH3 is 1. The van der Waals surface area contributed by atoms with Crippen LogP contribution in [0.4, 0.5) is 0 Å². The zero-order valence-corrected chi connectivity index (χ0v) is 17.8. The fourth-order valence-electron chi connectivity index (χ4n) is 3.00. The number of esters is 1. The van der Waals surface area contributed by atoms with E-state index in [0.717, 1.165) is 22.5 Å². The van der Waals surface area contributed by atoms with E-state index in [1.165, 1.54) is 28.9 Å². The molecule has 0 N–H and O–H groups in total. The van der Waals surface area contributed by atoms with Crippen LogP contribution >= 0.6 is 11.3 Å². The topological polar surface area (TPSA) is 84.0 Å². The van der Waals surface area contributed by atoms with Crippen LogP contribution in [0.15, 0.2) is 46.0 Å². The molecule has 1 fully saturated rings. The monoisotopic (exact) mass is 434 g/mol. The number of amides is 1. The zero-order chi connectivity index (χ0) is 21.0. The van der Waals surface area contributed by atoms with Gasteiger partial charge in [0.15, 0.2) is 0 Å². The predicted octanol–water partition coefficient (Wildman–Crippen LogP) is 2.39. The van der Waals surface area contributed by atoms with Gasteiger partial charge in [-0.1, -0.05) is 29.8 Å². The molecule has 1 aromatic heterocycles. The Bertz CT molecular complexity index is 1030. The summed E-state index contributed by atoms with van der Waals surface area (Å²) in [5, 5.41) is 1.47. The smallest absolute Gasteiger partial charge is 0.338 e. The highest BCUT2D eigenvalue weighted by atomic mass is 32.2. The van der Waals surface area contributed by atoms with E-state index in [1.807, 2.05) is 31.2 Å². The number of aryl methyl sites for hydroxylation is 1. The zero-order valence-electron chi connectivity index (χ0n) is 16.2. The Kier molecular flexibility index (Phi) is 6.51. The quantitative estimate of drug-likeness (QED) is 0.533. The molecule has 2 aromatic rings. The number of hydrogen-bond donors (Lipinski definition) is 0. The summed E-state index contributed by atoms with van der Waals surface area (Å²) in [5.41, 5.74) is 2.27. The summed E-state index contributed by atoms with van der Waals surface area (Å²) in [4.78, 5) is 25.6. The minimum Gasteiger partial charge on any atom is -0.465 e. The van der Waals surface area contributed by atoms with Crippen LogP contribution < -0.4 is 0 Å². The average molecular weight is 435 g/mol. The van der Waals surface area contributed by atoms with E-state index in [2.05, 4.69) is 4.74 Å². The Morgan fingerprint density at radius 2 is 1.86 bits per heavy atom. The fraction of sp³-hybridized carbons (Fsp3) is 0.300. The normalized spacial score (nSPS) is 15.6. The maximum atomic E-state index is 12.8. The van der Waals surface area contributed by atoms with E-state index in [-0.39, 0.29) is 28.8 Å². The molecule has 0 atom stereocenters. The van der Waals surface area contributed by atoms with Gasteiger partial charge in [-0.25, -0.2) is 13.2 Å². The maximum absolute atomic E-state index is 12.8. The van der Waals surface area contributed by atoms with Gasteiger partial charge in [-0.2, -0.15) is 4.31 Å². The number of thiophene rings is 1. The molecule has 0 unspecified atom stereocenters. The van der Waals surface area contributed by atoms with Crippen molar-refractivity contribution in [1.29, 1.82) is 0 Å². The SMILES string of the molecule is COC(=O)c1csc(S(=O)(=O)N2CCN(C(=O)/C=C/c3cccc(C)c3)CC2)c1. The Hall–Kier alpha value is -2.49. The van der Waals surface area contributed by atoms with E-state index < -0.39 is 16.0 Å². The molecule has 1 amide bonds. The van der Waals surface area contributed by atoms with Crippen molar-refractivity contribution in [2.24, 2.45) is 0 Å². The third-order valence-corrected chi connectivity index (χ3v) is 7.92. The average Bonchev–Trinajstić information content (AvgIpc) is 3.23. The van der Waals surface area contributed by atoms with Gasteiger partial charge >= 0.3 is 5.97 Å². The molecule has 7 nitrogen and oxygen atoms in total. The van der Waals surface area contributed by atoms with E-state index >= 15 is 0 Å². The molecule has 1 aliphatic rings. The van der Waals surface area contributed by atoms with Crippen LogP contribution in [-0.4, -0.2) is 62.8 Å². The van der Waals surface area contributed by atoms with Crippen LogP contribution in [0.25, 0.3) is 6.08 Å². The standard InChI is InChI=1S/C20H22N2O5S2/c1-15-4-3-5-16(12-15)6-7-18(23)21-8-10-22(11-9-21)29(25,26)19-13-17(14-28-19)20(24)27-2/h3-7,12-14H,8-11H2,1-2H3/b7-6+. The van der Waals surface area contributed by atoms with Crippen LogP contribution in [0.1, 0.15) is 21.5 Å². The first-order valence-electron chi connectivity index (χ1n) is 9.02. The molecule has 0 aliphatic carbocycles. The number of nitrogens with zero attached hydrogens (tertiary/aromatic N) is 2. The van der Waals surface area contributed by atoms with E-state index in [1.54, 1.807) is 11.0 Å². The van der Waals surface area contributed by atoms with Gasteiger partial charge < -0.3 is 9.64 Å². The summed E-state index contributed by atoms with van der Waals surface area (Å²) in [5.74, 6) is -0.717. The number of ether oxygens (including phenoxy) is 1. The number of hydrogen-bond acceptors (Lipinski definition) is 6. The van der Waals surface area contributed by atoms with Gasteiger partial charge in [0, 0.05) is 37.6 Å². The minimum absolute atomic E-state index is 0.0945. The van der Waals surface area contributed by atoms with Gasteiger partial charge in [0.05, 0.1) is 12.7 Å². The second-order valence-corrected chi connectivity index (χ2v) is 9.70. The molecular formula is C20H22N2O5S2. The summed E-state index contributed by atoms with van der Waals surface area (Å²) in [6.45, 7) is 3.02. The predicted molar refractivity (Wildman–Crippen MR) is 111 cm³/mol. The molecule has 2 heterocycles. The molecule has 0 bridgehead atoms. The minimum atomic E-state index is -3.70. The van der Waals surface area contributed by atoms with Gasteiger partial charge in [-0.3, -0.25) is 4.79 Å². The second kappa shape index (κ2) is 8.89. The number of carbonyl (C=O) groups is 2. The molecule has 3 rings (SSSR count). The number of rotatable bonds is 5. The molecule has 29 heavy (non-hydrogen) atoms. The van der Waals surface area contributed by atoms with Gasteiger partial charge in [-0.05, 0) is 24.6 Å². The maximum Gasteiger partial charge on any atom is 0.338 e. The second-order valence-electron chi connectivity index (χ2n) is 6.62. The number of sulfonamides is 1. The summed E-state index contributed by atoms with van der Waals surface area (Å²) in [7, 11) is -2.46. The van der Waals surface area contributed by atoms with Crippen LogP contribution in [0.5, 0.6) is 0 Å². The molecule has 0 saturated carbocycles. The first kappa shape index (κ1) is 21.2. The third kappa shape index (κ3) is 4.92. The van der Waals surface area contributed by atoms with Crippen LogP contribution in [-0.2, 0) is 19.6 Å². The highest BCUT2D eigenvalue weighted by Gasteiger charge is 2.31. The number of benzene rings is 1. The molecule has 154 valence electrons. The highest BCUT2D eigenvalue weighted by molar-refractivity contribution is 7.91. The lowest BCUT2D eigenvalue weighted by atomic mass is 10.1. The third-order valence-electron chi connectivity index (χ3n) is 4.60. The van der Waals surface area contributed by atoms with Crippen molar-refractivity contribution in [3.63, 3.8) is 0 Å². The molecule has 1 saturated heterocycles. The lowest BCUT2D eigenvalue weighted by molar-refractivity contribution is -0.127. The van der Waals surface area contributed by atoms with Gasteiger partial charge in [0.25, 0.3) is 10.0 Å². The van der Waals surface area contributed by atoms with E-state index in [4.69, 9.17) is 0 Å². The van der Waals surface area contributed by atoms with E-state index in [9.17, 15) is 18.0 Å². The van der Waals surface area contributed by atoms with Gasteiger partial charge in [0.2, 0.25) is 5.91 Å². The first-order chi connectivity index (χ1) is 13.8.